The Morgan fingerprint density at radius 2 is 1.26 bits per heavy atom. The fraction of sp³-hybridized carbons (Fsp3) is 0.303. The average molecular weight is 696 g/mol. The molecule has 0 aliphatic carbocycles. The number of anilines is 2. The quantitative estimate of drug-likeness (QED) is 0.0684. The molecular formula is C33H41Br2N7. The fourth-order valence-corrected chi connectivity index (χ4v) is 4.32. The van der Waals surface area contributed by atoms with Crippen molar-refractivity contribution in [1.82, 2.24) is 0 Å². The number of hydrazone groups is 1. The number of halogens is 2. The molecule has 0 fully saturated rings. The van der Waals surface area contributed by atoms with E-state index in [9.17, 15) is 0 Å². The maximum absolute atomic E-state index is 4.54. The minimum Gasteiger partial charge on any atom is -1.00 e. The average Bonchev–Trinajstić information content (AvgIpc) is 2.98. The van der Waals surface area contributed by atoms with Crippen LogP contribution in [0.25, 0.3) is 0 Å². The van der Waals surface area contributed by atoms with E-state index in [4.69, 9.17) is 0 Å². The van der Waals surface area contributed by atoms with Crippen LogP contribution >= 0.6 is 0 Å². The number of para-hydroxylation sites is 1. The topological polar surface area (TPSA) is 51.3 Å². The molecule has 7 nitrogen and oxygen atoms in total. The second-order valence-corrected chi connectivity index (χ2v) is 10.2. The van der Waals surface area contributed by atoms with Crippen molar-refractivity contribution in [3.8, 4) is 0 Å². The zero-order valence-electron chi connectivity index (χ0n) is 24.9. The smallest absolute Gasteiger partial charge is 0.171 e. The lowest BCUT2D eigenvalue weighted by Gasteiger charge is -2.13. The fourth-order valence-electron chi connectivity index (χ4n) is 4.32. The van der Waals surface area contributed by atoms with Crippen LogP contribution in [0.4, 0.5) is 22.7 Å². The molecule has 4 rings (SSSR count). The third-order valence-corrected chi connectivity index (χ3v) is 6.85. The Bertz CT molecular complexity index is 1390. The number of hydrogen-bond donors (Lipinski definition) is 0. The van der Waals surface area contributed by atoms with E-state index >= 15 is 0 Å². The van der Waals surface area contributed by atoms with E-state index in [2.05, 4.69) is 85.3 Å². The Hall–Kier alpha value is -3.43. The van der Waals surface area contributed by atoms with Gasteiger partial charge < -0.3 is 38.9 Å². The number of aromatic nitrogens is 2. The van der Waals surface area contributed by atoms with Gasteiger partial charge in [0.2, 0.25) is 0 Å². The zero-order chi connectivity index (χ0) is 28.2. The monoisotopic (exact) mass is 693 g/mol. The molecule has 9 heteroatoms. The molecular weight excluding hydrogens is 654 g/mol. The van der Waals surface area contributed by atoms with E-state index in [1.165, 1.54) is 24.9 Å². The van der Waals surface area contributed by atoms with Gasteiger partial charge in [-0.2, -0.15) is 15.3 Å². The summed E-state index contributed by atoms with van der Waals surface area (Å²) >= 11 is 0. The first kappa shape index (κ1) is 34.8. The summed E-state index contributed by atoms with van der Waals surface area (Å²) in [6.07, 6.45) is 15.1. The predicted molar refractivity (Wildman–Crippen MR) is 164 cm³/mol. The van der Waals surface area contributed by atoms with Crippen LogP contribution in [0.15, 0.2) is 113 Å². The number of rotatable bonds is 13. The Labute approximate surface area is 271 Å². The summed E-state index contributed by atoms with van der Waals surface area (Å²) in [5, 5.41) is 15.3. The van der Waals surface area contributed by atoms with Crippen LogP contribution in [0.5, 0.6) is 0 Å². The zero-order valence-corrected chi connectivity index (χ0v) is 28.1. The summed E-state index contributed by atoms with van der Waals surface area (Å²) in [6, 6.07) is 24.6. The summed E-state index contributed by atoms with van der Waals surface area (Å²) in [7, 11) is 6.04. The number of hydrogen-bond acceptors (Lipinski definition) is 5. The molecule has 0 atom stereocenters. The van der Waals surface area contributed by atoms with E-state index in [0.717, 1.165) is 47.7 Å². The van der Waals surface area contributed by atoms with Gasteiger partial charge in [-0.15, -0.1) is 0 Å². The maximum atomic E-state index is 4.54. The second-order valence-electron chi connectivity index (χ2n) is 10.2. The minimum atomic E-state index is 0. The molecule has 0 bridgehead atoms. The first-order valence-corrected chi connectivity index (χ1v) is 14.0. The van der Waals surface area contributed by atoms with Gasteiger partial charge in [0.15, 0.2) is 24.8 Å². The van der Waals surface area contributed by atoms with Crippen molar-refractivity contribution in [3.63, 3.8) is 0 Å². The van der Waals surface area contributed by atoms with Crippen molar-refractivity contribution in [2.24, 2.45) is 15.3 Å². The molecule has 0 saturated heterocycles. The second kappa shape index (κ2) is 18.2. The molecule has 222 valence electrons. The van der Waals surface area contributed by atoms with Crippen LogP contribution in [-0.2, 0) is 13.1 Å². The molecule has 0 unspecified atom stereocenters. The first-order valence-electron chi connectivity index (χ1n) is 14.0. The lowest BCUT2D eigenvalue weighted by molar-refractivity contribution is -0.698. The van der Waals surface area contributed by atoms with E-state index in [-0.39, 0.29) is 34.0 Å². The summed E-state index contributed by atoms with van der Waals surface area (Å²) in [5.74, 6) is 0. The van der Waals surface area contributed by atoms with Gasteiger partial charge in [0.1, 0.15) is 13.1 Å². The molecule has 2 aromatic heterocycles. The third kappa shape index (κ3) is 11.1. The highest BCUT2D eigenvalue weighted by atomic mass is 79.9. The molecule has 42 heavy (non-hydrogen) atoms. The van der Waals surface area contributed by atoms with Crippen LogP contribution in [0.1, 0.15) is 36.8 Å². The molecule has 0 saturated carbocycles. The highest BCUT2D eigenvalue weighted by Crippen LogP contribution is 2.25. The number of unbranched alkanes of at least 4 members (excludes halogenated alkanes) is 3. The van der Waals surface area contributed by atoms with Crippen molar-refractivity contribution >= 4 is 29.0 Å². The van der Waals surface area contributed by atoms with Crippen LogP contribution < -0.4 is 53.0 Å². The summed E-state index contributed by atoms with van der Waals surface area (Å²) in [5.41, 5.74) is 6.21. The molecule has 0 aliphatic heterocycles. The van der Waals surface area contributed by atoms with E-state index in [0.29, 0.717) is 0 Å². The van der Waals surface area contributed by atoms with Crippen LogP contribution in [-0.4, -0.2) is 27.4 Å². The van der Waals surface area contributed by atoms with Gasteiger partial charge in [-0.05, 0) is 55.7 Å². The van der Waals surface area contributed by atoms with Crippen LogP contribution in [0, 0.1) is 6.92 Å². The van der Waals surface area contributed by atoms with Crippen LogP contribution in [0.2, 0.25) is 0 Å². The minimum absolute atomic E-state index is 0. The lowest BCUT2D eigenvalue weighted by Crippen LogP contribution is -3.00. The molecule has 0 amide bonds. The molecule has 0 radical (unpaired) electrons. The molecule has 2 aromatic carbocycles. The third-order valence-electron chi connectivity index (χ3n) is 6.85. The van der Waals surface area contributed by atoms with Crippen molar-refractivity contribution < 1.29 is 43.1 Å². The molecule has 2 heterocycles. The van der Waals surface area contributed by atoms with Gasteiger partial charge in [0.25, 0.3) is 0 Å². The SMILES string of the molecule is Cc1cc(N(C)C)ccc1N=Nc1cc[n+](CCCCCC[n+]2ccc(/C=N\N(C)c3ccccc3)cc2)cc1.[Br-].[Br-]. The van der Waals surface area contributed by atoms with Crippen molar-refractivity contribution in [1.29, 1.82) is 0 Å². The number of pyridine rings is 2. The Kier molecular flexibility index (Phi) is 15.1. The van der Waals surface area contributed by atoms with Crippen LogP contribution in [0.3, 0.4) is 0 Å². The van der Waals surface area contributed by atoms with Gasteiger partial charge in [0.05, 0.1) is 23.3 Å². The van der Waals surface area contributed by atoms with Gasteiger partial charge in [0, 0.05) is 69.5 Å². The molecule has 0 aliphatic rings. The van der Waals surface area contributed by atoms with Gasteiger partial charge in [-0.25, -0.2) is 9.13 Å². The molecule has 4 aromatic rings. The number of benzene rings is 2. The molecule has 0 spiro atoms. The summed E-state index contributed by atoms with van der Waals surface area (Å²) in [6.45, 7) is 4.12. The first-order chi connectivity index (χ1) is 19.5. The van der Waals surface area contributed by atoms with E-state index in [1.54, 1.807) is 0 Å². The summed E-state index contributed by atoms with van der Waals surface area (Å²) < 4.78 is 4.47. The number of azo groups is 1. The highest BCUT2D eigenvalue weighted by Gasteiger charge is 2.05. The largest absolute Gasteiger partial charge is 1.00 e. The normalized spacial score (nSPS) is 10.9. The number of aryl methyl sites for hydroxylation is 3. The Morgan fingerprint density at radius 1 is 0.667 bits per heavy atom. The summed E-state index contributed by atoms with van der Waals surface area (Å²) in [4.78, 5) is 2.09. The van der Waals surface area contributed by atoms with Crippen molar-refractivity contribution in [3.05, 3.63) is 109 Å². The van der Waals surface area contributed by atoms with Gasteiger partial charge >= 0.3 is 0 Å². The van der Waals surface area contributed by atoms with Gasteiger partial charge in [-0.3, -0.25) is 5.01 Å². The van der Waals surface area contributed by atoms with Crippen molar-refractivity contribution in [2.45, 2.75) is 45.7 Å². The Balaban J connectivity index is 0.00000308. The van der Waals surface area contributed by atoms with Crippen molar-refractivity contribution in [2.75, 3.05) is 31.1 Å². The maximum Gasteiger partial charge on any atom is 0.171 e. The predicted octanol–water partition coefficient (Wildman–Crippen LogP) is 0.790. The van der Waals surface area contributed by atoms with Gasteiger partial charge in [-0.1, -0.05) is 18.2 Å². The van der Waals surface area contributed by atoms with E-state index in [1.807, 2.05) is 80.9 Å². The lowest BCUT2D eigenvalue weighted by atomic mass is 10.2. The highest BCUT2D eigenvalue weighted by molar-refractivity contribution is 5.79. The Morgan fingerprint density at radius 3 is 1.83 bits per heavy atom. The molecule has 0 N–H and O–H groups in total. The van der Waals surface area contributed by atoms with E-state index < -0.39 is 0 Å². The number of nitrogens with zero attached hydrogens (tertiary/aromatic N) is 7. The standard InChI is InChI=1S/C33H41N7.2BrH/c1-28-26-32(37(2)3)14-15-33(28)36-35-30-18-24-40(25-19-30)21-11-6-5-10-20-39-22-16-29(17-23-39)27-34-38(4)31-12-8-7-9-13-31;;/h7-9,12-19,22-27H,5-6,10-11,20-21H2,1-4H3;2*1H/q+2;;/p-2.